The molecular formula is C54H46N4. The first-order valence-electron chi connectivity index (χ1n) is 20.2. The minimum absolute atomic E-state index is 0.0226. The molecular weight excluding hydrogens is 705 g/mol. The van der Waals surface area contributed by atoms with Gasteiger partial charge in [0.1, 0.15) is 5.82 Å². The lowest BCUT2D eigenvalue weighted by atomic mass is 9.84. The monoisotopic (exact) mass is 750 g/mol. The SMILES string of the molecule is CC(C)(C)c1ccc2[nH]c3c(-c4nc5c(-c6cccc(-c7nccc8ccccc78)c6)cccc5n4-c4ccccc4-c4ccccc4)cc(C(C)(C)C)cc3c2c1. The van der Waals surface area contributed by atoms with Crippen molar-refractivity contribution >= 4 is 43.6 Å². The second-order valence-corrected chi connectivity index (χ2v) is 17.6. The average molecular weight is 751 g/mol. The van der Waals surface area contributed by atoms with Gasteiger partial charge in [0, 0.05) is 50.1 Å². The number of pyridine rings is 1. The van der Waals surface area contributed by atoms with Gasteiger partial charge in [-0.1, -0.05) is 151 Å². The van der Waals surface area contributed by atoms with E-state index in [0.29, 0.717) is 0 Å². The number of fused-ring (bicyclic) bond motifs is 5. The first-order valence-corrected chi connectivity index (χ1v) is 20.2. The highest BCUT2D eigenvalue weighted by atomic mass is 15.1. The molecule has 3 heterocycles. The van der Waals surface area contributed by atoms with E-state index in [2.05, 4.69) is 209 Å². The normalized spacial score (nSPS) is 12.3. The number of hydrogen-bond acceptors (Lipinski definition) is 2. The van der Waals surface area contributed by atoms with Crippen molar-refractivity contribution in [2.24, 2.45) is 0 Å². The molecule has 3 aromatic heterocycles. The van der Waals surface area contributed by atoms with Gasteiger partial charge in [-0.15, -0.1) is 0 Å². The number of rotatable bonds is 5. The molecule has 0 atom stereocenters. The number of nitrogens with zero attached hydrogens (tertiary/aromatic N) is 3. The average Bonchev–Trinajstić information content (AvgIpc) is 3.81. The van der Waals surface area contributed by atoms with Crippen molar-refractivity contribution in [3.8, 4) is 50.6 Å². The van der Waals surface area contributed by atoms with Gasteiger partial charge >= 0.3 is 0 Å². The Morgan fingerprint density at radius 1 is 0.500 bits per heavy atom. The van der Waals surface area contributed by atoms with Crippen LogP contribution >= 0.6 is 0 Å². The molecule has 4 nitrogen and oxygen atoms in total. The zero-order valence-electron chi connectivity index (χ0n) is 33.9. The van der Waals surface area contributed by atoms with Gasteiger partial charge in [0.25, 0.3) is 0 Å². The number of benzene rings is 7. The summed E-state index contributed by atoms with van der Waals surface area (Å²) in [4.78, 5) is 14.5. The van der Waals surface area contributed by atoms with E-state index in [4.69, 9.17) is 9.97 Å². The van der Waals surface area contributed by atoms with Crippen LogP contribution in [0.5, 0.6) is 0 Å². The number of imidazole rings is 1. The molecule has 10 rings (SSSR count). The van der Waals surface area contributed by atoms with Gasteiger partial charge in [-0.05, 0) is 87.0 Å². The first-order chi connectivity index (χ1) is 28.0. The van der Waals surface area contributed by atoms with Gasteiger partial charge in [0.2, 0.25) is 0 Å². The molecule has 0 fully saturated rings. The van der Waals surface area contributed by atoms with Crippen molar-refractivity contribution in [1.82, 2.24) is 19.5 Å². The maximum Gasteiger partial charge on any atom is 0.147 e. The fourth-order valence-electron chi connectivity index (χ4n) is 8.55. The molecule has 0 spiro atoms. The van der Waals surface area contributed by atoms with Gasteiger partial charge in [0.05, 0.1) is 27.9 Å². The molecule has 282 valence electrons. The van der Waals surface area contributed by atoms with Crippen molar-refractivity contribution in [3.05, 3.63) is 175 Å². The summed E-state index contributed by atoms with van der Waals surface area (Å²) in [5, 5.41) is 4.77. The van der Waals surface area contributed by atoms with Crippen LogP contribution in [0.1, 0.15) is 52.7 Å². The molecule has 0 aliphatic carbocycles. The smallest absolute Gasteiger partial charge is 0.147 e. The predicted molar refractivity (Wildman–Crippen MR) is 245 cm³/mol. The quantitative estimate of drug-likeness (QED) is 0.190. The molecule has 7 aromatic carbocycles. The van der Waals surface area contributed by atoms with Crippen molar-refractivity contribution in [3.63, 3.8) is 0 Å². The highest BCUT2D eigenvalue weighted by Crippen LogP contribution is 2.43. The molecule has 4 heteroatoms. The van der Waals surface area contributed by atoms with Crippen molar-refractivity contribution in [2.75, 3.05) is 0 Å². The van der Waals surface area contributed by atoms with Crippen LogP contribution in [0.25, 0.3) is 94.2 Å². The Bertz CT molecular complexity index is 3180. The molecule has 0 aliphatic rings. The van der Waals surface area contributed by atoms with E-state index < -0.39 is 0 Å². The van der Waals surface area contributed by atoms with Gasteiger partial charge in [-0.2, -0.15) is 0 Å². The topological polar surface area (TPSA) is 46.5 Å². The van der Waals surface area contributed by atoms with E-state index in [1.807, 2.05) is 6.20 Å². The number of para-hydroxylation sites is 2. The van der Waals surface area contributed by atoms with E-state index in [1.165, 1.54) is 27.3 Å². The van der Waals surface area contributed by atoms with Crippen LogP contribution in [-0.2, 0) is 10.8 Å². The minimum Gasteiger partial charge on any atom is -0.354 e. The maximum absolute atomic E-state index is 5.75. The summed E-state index contributed by atoms with van der Waals surface area (Å²) < 4.78 is 2.39. The Morgan fingerprint density at radius 3 is 2.02 bits per heavy atom. The van der Waals surface area contributed by atoms with Crippen molar-refractivity contribution < 1.29 is 0 Å². The third-order valence-corrected chi connectivity index (χ3v) is 11.7. The second-order valence-electron chi connectivity index (χ2n) is 17.6. The van der Waals surface area contributed by atoms with Crippen LogP contribution < -0.4 is 0 Å². The lowest BCUT2D eigenvalue weighted by Crippen LogP contribution is -2.11. The highest BCUT2D eigenvalue weighted by Gasteiger charge is 2.26. The van der Waals surface area contributed by atoms with Gasteiger partial charge in [-0.3, -0.25) is 9.55 Å². The Labute approximate surface area is 339 Å². The zero-order valence-corrected chi connectivity index (χ0v) is 33.9. The van der Waals surface area contributed by atoms with E-state index in [-0.39, 0.29) is 10.8 Å². The van der Waals surface area contributed by atoms with Crippen molar-refractivity contribution in [2.45, 2.75) is 52.4 Å². The third-order valence-electron chi connectivity index (χ3n) is 11.7. The van der Waals surface area contributed by atoms with E-state index in [1.54, 1.807) is 0 Å². The number of H-pyrrole nitrogens is 1. The Hall–Kier alpha value is -6.78. The summed E-state index contributed by atoms with van der Waals surface area (Å²) in [5.74, 6) is 0.899. The summed E-state index contributed by atoms with van der Waals surface area (Å²) in [5.41, 5.74) is 15.4. The largest absolute Gasteiger partial charge is 0.354 e. The third kappa shape index (κ3) is 5.99. The summed E-state index contributed by atoms with van der Waals surface area (Å²) in [6.07, 6.45) is 1.91. The summed E-state index contributed by atoms with van der Waals surface area (Å²) in [7, 11) is 0. The lowest BCUT2D eigenvalue weighted by molar-refractivity contribution is 0.590. The first kappa shape index (κ1) is 35.6. The van der Waals surface area contributed by atoms with Crippen LogP contribution in [-0.4, -0.2) is 19.5 Å². The van der Waals surface area contributed by atoms with Crippen LogP contribution in [0.15, 0.2) is 164 Å². The molecule has 0 saturated heterocycles. The zero-order chi connectivity index (χ0) is 39.8. The number of nitrogens with one attached hydrogen (secondary N) is 1. The van der Waals surface area contributed by atoms with Gasteiger partial charge in [0.15, 0.2) is 0 Å². The van der Waals surface area contributed by atoms with Gasteiger partial charge in [-0.25, -0.2) is 4.98 Å². The molecule has 58 heavy (non-hydrogen) atoms. The van der Waals surface area contributed by atoms with Gasteiger partial charge < -0.3 is 4.98 Å². The number of hydrogen-bond donors (Lipinski definition) is 1. The lowest BCUT2D eigenvalue weighted by Gasteiger charge is -2.21. The predicted octanol–water partition coefficient (Wildman–Crippen LogP) is 14.5. The van der Waals surface area contributed by atoms with Crippen LogP contribution in [0, 0.1) is 0 Å². The maximum atomic E-state index is 5.75. The van der Waals surface area contributed by atoms with Crippen LogP contribution in [0.4, 0.5) is 0 Å². The van der Waals surface area contributed by atoms with Crippen molar-refractivity contribution in [1.29, 1.82) is 0 Å². The molecule has 0 unspecified atom stereocenters. The molecule has 1 N–H and O–H groups in total. The summed E-state index contributed by atoms with van der Waals surface area (Å²) in [6, 6.07) is 57.0. The van der Waals surface area contributed by atoms with E-state index >= 15 is 0 Å². The fraction of sp³-hybridized carbons (Fsp3) is 0.148. The summed E-state index contributed by atoms with van der Waals surface area (Å²) >= 11 is 0. The number of aromatic nitrogens is 4. The van der Waals surface area contributed by atoms with Crippen LogP contribution in [0.2, 0.25) is 0 Å². The molecule has 0 aliphatic heterocycles. The summed E-state index contributed by atoms with van der Waals surface area (Å²) in [6.45, 7) is 13.8. The number of aromatic amines is 1. The van der Waals surface area contributed by atoms with E-state index in [9.17, 15) is 0 Å². The molecule has 0 radical (unpaired) electrons. The highest BCUT2D eigenvalue weighted by molar-refractivity contribution is 6.13. The second kappa shape index (κ2) is 13.4. The Balaban J connectivity index is 1.29. The molecule has 0 amide bonds. The minimum atomic E-state index is -0.103. The molecule has 0 saturated carbocycles. The van der Waals surface area contributed by atoms with E-state index in [0.717, 1.165) is 78.0 Å². The Morgan fingerprint density at radius 2 is 1.19 bits per heavy atom. The fourth-order valence-corrected chi connectivity index (χ4v) is 8.55. The van der Waals surface area contributed by atoms with Crippen LogP contribution in [0.3, 0.4) is 0 Å². The molecule has 0 bridgehead atoms. The molecule has 10 aromatic rings. The standard InChI is InChI=1S/C54H46N4/c1-53(2,3)38-26-27-46-43(31-38)44-32-39(54(4,5)6)33-45(50(44)56-46)52-57-51-42(36-19-14-20-37(30-36)49-41-22-11-10-18-35(41)28-29-55-49)23-15-25-48(51)58(52)47-24-13-12-21-40(47)34-16-8-7-9-17-34/h7-33,56H,1-6H3. The Kier molecular flexibility index (Phi) is 8.24.